The van der Waals surface area contributed by atoms with Gasteiger partial charge in [0.25, 0.3) is 5.91 Å². The van der Waals surface area contributed by atoms with Gasteiger partial charge >= 0.3 is 5.97 Å². The second kappa shape index (κ2) is 4.89. The molecule has 0 atom stereocenters. The maximum absolute atomic E-state index is 11.9. The van der Waals surface area contributed by atoms with Gasteiger partial charge in [0.2, 0.25) is 0 Å². The Kier molecular flexibility index (Phi) is 3.28. The van der Waals surface area contributed by atoms with Gasteiger partial charge in [-0.15, -0.1) is 0 Å². The molecule has 1 amide bonds. The molecule has 0 unspecified atom stereocenters. The number of rotatable bonds is 3. The first-order chi connectivity index (χ1) is 8.97. The van der Waals surface area contributed by atoms with Crippen molar-refractivity contribution in [3.8, 4) is 0 Å². The molecule has 2 aromatic heterocycles. The minimum atomic E-state index is -1.10. The number of anilines is 1. The first kappa shape index (κ1) is 12.7. The molecule has 7 heteroatoms. The summed E-state index contributed by atoms with van der Waals surface area (Å²) in [5, 5.41) is 15.4. The third-order valence-electron chi connectivity index (χ3n) is 2.59. The van der Waals surface area contributed by atoms with E-state index in [1.54, 1.807) is 17.8 Å². The molecule has 98 valence electrons. The van der Waals surface area contributed by atoms with E-state index in [4.69, 9.17) is 5.11 Å². The molecule has 0 saturated carbocycles. The summed E-state index contributed by atoms with van der Waals surface area (Å²) in [5.41, 5.74) is 1.44. The fraction of sp³-hybridized carbons (Fsp3) is 0.167. The Morgan fingerprint density at radius 3 is 2.63 bits per heavy atom. The molecule has 2 N–H and O–H groups in total. The number of carbonyl (C=O) groups is 2. The van der Waals surface area contributed by atoms with E-state index in [9.17, 15) is 9.59 Å². The Balaban J connectivity index is 2.19. The van der Waals surface area contributed by atoms with Gasteiger partial charge in [-0.05, 0) is 19.1 Å². The average molecular weight is 260 g/mol. The molecule has 0 spiro atoms. The number of amides is 1. The van der Waals surface area contributed by atoms with Gasteiger partial charge in [-0.3, -0.25) is 14.5 Å². The largest absolute Gasteiger partial charge is 0.478 e. The topological polar surface area (TPSA) is 97.1 Å². The Morgan fingerprint density at radius 1 is 1.32 bits per heavy atom. The number of aryl methyl sites for hydroxylation is 2. The number of hydrogen-bond acceptors (Lipinski definition) is 4. The second-order valence-corrected chi connectivity index (χ2v) is 4.02. The Bertz CT molecular complexity index is 629. The number of hydrogen-bond donors (Lipinski definition) is 2. The molecule has 2 heterocycles. The summed E-state index contributed by atoms with van der Waals surface area (Å²) >= 11 is 0. The van der Waals surface area contributed by atoms with E-state index < -0.39 is 11.9 Å². The van der Waals surface area contributed by atoms with Crippen LogP contribution < -0.4 is 5.32 Å². The van der Waals surface area contributed by atoms with Crippen LogP contribution in [0.4, 0.5) is 5.69 Å². The molecule has 0 aliphatic rings. The highest BCUT2D eigenvalue weighted by Gasteiger charge is 2.12. The van der Waals surface area contributed by atoms with E-state index in [1.165, 1.54) is 18.5 Å². The lowest BCUT2D eigenvalue weighted by molar-refractivity contribution is 0.0696. The van der Waals surface area contributed by atoms with Crippen molar-refractivity contribution in [2.45, 2.75) is 6.92 Å². The van der Waals surface area contributed by atoms with Crippen molar-refractivity contribution < 1.29 is 14.7 Å². The maximum Gasteiger partial charge on any atom is 0.337 e. The molecule has 7 nitrogen and oxygen atoms in total. The van der Waals surface area contributed by atoms with Crippen LogP contribution in [0.5, 0.6) is 0 Å². The lowest BCUT2D eigenvalue weighted by Crippen LogP contribution is -2.13. The Labute approximate surface area is 108 Å². The van der Waals surface area contributed by atoms with Gasteiger partial charge in [-0.1, -0.05) is 0 Å². The van der Waals surface area contributed by atoms with Gasteiger partial charge in [-0.2, -0.15) is 5.10 Å². The van der Waals surface area contributed by atoms with Gasteiger partial charge in [0.15, 0.2) is 5.69 Å². The summed E-state index contributed by atoms with van der Waals surface area (Å²) in [4.78, 5) is 26.4. The molecule has 0 aliphatic carbocycles. The second-order valence-electron chi connectivity index (χ2n) is 4.02. The average Bonchev–Trinajstić information content (AvgIpc) is 2.70. The fourth-order valence-electron chi connectivity index (χ4n) is 1.49. The van der Waals surface area contributed by atoms with Crippen molar-refractivity contribution in [1.82, 2.24) is 14.8 Å². The van der Waals surface area contributed by atoms with Crippen LogP contribution >= 0.6 is 0 Å². The van der Waals surface area contributed by atoms with Crippen molar-refractivity contribution in [3.05, 3.63) is 41.5 Å². The van der Waals surface area contributed by atoms with E-state index in [0.29, 0.717) is 5.69 Å². The number of carboxylic acid groups (broad SMARTS) is 1. The van der Waals surface area contributed by atoms with E-state index in [0.717, 1.165) is 5.69 Å². The maximum atomic E-state index is 11.9. The van der Waals surface area contributed by atoms with Crippen LogP contribution in [0, 0.1) is 6.92 Å². The summed E-state index contributed by atoms with van der Waals surface area (Å²) in [6.45, 7) is 1.83. The summed E-state index contributed by atoms with van der Waals surface area (Å²) < 4.78 is 1.58. The smallest absolute Gasteiger partial charge is 0.337 e. The highest BCUT2D eigenvalue weighted by Crippen LogP contribution is 2.10. The quantitative estimate of drug-likeness (QED) is 0.860. The molecule has 2 aromatic rings. The van der Waals surface area contributed by atoms with Crippen LogP contribution in [-0.2, 0) is 7.05 Å². The van der Waals surface area contributed by atoms with Crippen molar-refractivity contribution in [2.75, 3.05) is 5.32 Å². The molecule has 2 rings (SSSR count). The highest BCUT2D eigenvalue weighted by atomic mass is 16.4. The summed E-state index contributed by atoms with van der Waals surface area (Å²) in [6, 6.07) is 2.98. The van der Waals surface area contributed by atoms with Gasteiger partial charge in [0.1, 0.15) is 0 Å². The molecule has 0 radical (unpaired) electrons. The molecule has 0 aromatic carbocycles. The third kappa shape index (κ3) is 2.76. The normalized spacial score (nSPS) is 10.2. The van der Waals surface area contributed by atoms with Gasteiger partial charge < -0.3 is 10.4 Å². The number of carbonyl (C=O) groups excluding carboxylic acids is 1. The summed E-state index contributed by atoms with van der Waals surface area (Å²) in [6.07, 6.45) is 2.59. The number of aromatic carboxylic acids is 1. The van der Waals surface area contributed by atoms with Crippen LogP contribution in [0.2, 0.25) is 0 Å². The van der Waals surface area contributed by atoms with Gasteiger partial charge in [0.05, 0.1) is 17.4 Å². The molecule has 19 heavy (non-hydrogen) atoms. The fourth-order valence-corrected chi connectivity index (χ4v) is 1.49. The first-order valence-electron chi connectivity index (χ1n) is 5.47. The predicted molar refractivity (Wildman–Crippen MR) is 67.1 cm³/mol. The highest BCUT2D eigenvalue weighted by molar-refractivity contribution is 6.03. The molecular weight excluding hydrogens is 248 g/mol. The van der Waals surface area contributed by atoms with Gasteiger partial charge in [0, 0.05) is 18.9 Å². The zero-order chi connectivity index (χ0) is 14.0. The lowest BCUT2D eigenvalue weighted by atomic mass is 10.2. The number of nitrogens with one attached hydrogen (secondary N) is 1. The van der Waals surface area contributed by atoms with Crippen LogP contribution in [0.3, 0.4) is 0 Å². The Hall–Kier alpha value is -2.70. The van der Waals surface area contributed by atoms with Crippen LogP contribution in [-0.4, -0.2) is 31.7 Å². The first-order valence-corrected chi connectivity index (χ1v) is 5.47. The molecule has 0 bridgehead atoms. The zero-order valence-electron chi connectivity index (χ0n) is 10.4. The standard InChI is InChI=1S/C12H12N4O3/c1-7-3-10(15-16(7)2)11(17)14-9-4-8(12(18)19)5-13-6-9/h3-6H,1-2H3,(H,14,17)(H,18,19). The van der Waals surface area contributed by atoms with E-state index in [-0.39, 0.29) is 11.3 Å². The van der Waals surface area contributed by atoms with Crippen molar-refractivity contribution in [3.63, 3.8) is 0 Å². The molecule has 0 saturated heterocycles. The number of pyridine rings is 1. The van der Waals surface area contributed by atoms with Crippen LogP contribution in [0.1, 0.15) is 26.5 Å². The SMILES string of the molecule is Cc1cc(C(=O)Nc2cncc(C(=O)O)c2)nn1C. The third-order valence-corrected chi connectivity index (χ3v) is 2.59. The van der Waals surface area contributed by atoms with E-state index in [1.807, 2.05) is 6.92 Å². The predicted octanol–water partition coefficient (Wildman–Crippen LogP) is 1.07. The van der Waals surface area contributed by atoms with Gasteiger partial charge in [-0.25, -0.2) is 4.79 Å². The lowest BCUT2D eigenvalue weighted by Gasteiger charge is -2.03. The number of nitrogens with zero attached hydrogens (tertiary/aromatic N) is 3. The summed E-state index contributed by atoms with van der Waals surface area (Å²) in [5.74, 6) is -1.51. The molecule has 0 fully saturated rings. The zero-order valence-corrected chi connectivity index (χ0v) is 10.4. The number of carboxylic acids is 1. The van der Waals surface area contributed by atoms with E-state index >= 15 is 0 Å². The molecule has 0 aliphatic heterocycles. The summed E-state index contributed by atoms with van der Waals surface area (Å²) in [7, 11) is 1.73. The number of aromatic nitrogens is 3. The van der Waals surface area contributed by atoms with Crippen LogP contribution in [0.15, 0.2) is 24.5 Å². The minimum absolute atomic E-state index is 0.00926. The van der Waals surface area contributed by atoms with Crippen molar-refractivity contribution >= 4 is 17.6 Å². The minimum Gasteiger partial charge on any atom is -0.478 e. The van der Waals surface area contributed by atoms with Crippen LogP contribution in [0.25, 0.3) is 0 Å². The van der Waals surface area contributed by atoms with Crippen molar-refractivity contribution in [1.29, 1.82) is 0 Å². The monoisotopic (exact) mass is 260 g/mol. The van der Waals surface area contributed by atoms with Crippen molar-refractivity contribution in [2.24, 2.45) is 7.05 Å². The Morgan fingerprint density at radius 2 is 2.05 bits per heavy atom. The molecular formula is C12H12N4O3. The van der Waals surface area contributed by atoms with E-state index in [2.05, 4.69) is 15.4 Å².